The summed E-state index contributed by atoms with van der Waals surface area (Å²) < 4.78 is 4.98. The van der Waals surface area contributed by atoms with Gasteiger partial charge in [-0.05, 0) is 19.1 Å². The Hall–Kier alpha value is -1.95. The zero-order chi connectivity index (χ0) is 12.8. The van der Waals surface area contributed by atoms with Crippen molar-refractivity contribution in [3.63, 3.8) is 0 Å². The Bertz CT molecular complexity index is 420. The third-order valence-corrected chi connectivity index (χ3v) is 2.19. The van der Waals surface area contributed by atoms with Crippen LogP contribution in [0.5, 0.6) is 0 Å². The molecular weight excluding hydrogens is 224 g/mol. The zero-order valence-corrected chi connectivity index (χ0v) is 9.64. The molecule has 1 unspecified atom stereocenters. The number of carboxylic acids is 1. The highest BCUT2D eigenvalue weighted by atomic mass is 16.5. The summed E-state index contributed by atoms with van der Waals surface area (Å²) in [6, 6.07) is 2.69. The number of hydrogen-bond donors (Lipinski definition) is 2. The highest BCUT2D eigenvalue weighted by molar-refractivity contribution is 5.96. The van der Waals surface area contributed by atoms with Gasteiger partial charge in [-0.2, -0.15) is 0 Å². The van der Waals surface area contributed by atoms with E-state index in [-0.39, 0.29) is 23.3 Å². The lowest BCUT2D eigenvalue weighted by molar-refractivity contribution is 0.0690. The van der Waals surface area contributed by atoms with Crippen LogP contribution in [0.1, 0.15) is 27.8 Å². The highest BCUT2D eigenvalue weighted by Gasteiger charge is 2.11. The predicted molar refractivity (Wildman–Crippen MR) is 60.0 cm³/mol. The van der Waals surface area contributed by atoms with Crippen molar-refractivity contribution in [2.75, 3.05) is 13.7 Å². The normalized spacial score (nSPS) is 11.9. The number of nitrogens with zero attached hydrogens (tertiary/aromatic N) is 1. The molecule has 1 heterocycles. The van der Waals surface area contributed by atoms with Crippen molar-refractivity contribution in [3.8, 4) is 0 Å². The number of pyridine rings is 1. The minimum absolute atomic E-state index is 0.0975. The van der Waals surface area contributed by atoms with Crippen LogP contribution in [-0.4, -0.2) is 41.7 Å². The van der Waals surface area contributed by atoms with E-state index in [0.717, 1.165) is 0 Å². The average Bonchev–Trinajstić information content (AvgIpc) is 2.35. The van der Waals surface area contributed by atoms with Gasteiger partial charge in [-0.25, -0.2) is 9.78 Å². The molecule has 6 nitrogen and oxygen atoms in total. The Labute approximate surface area is 98.6 Å². The van der Waals surface area contributed by atoms with Crippen LogP contribution < -0.4 is 5.32 Å². The van der Waals surface area contributed by atoms with Gasteiger partial charge in [0.25, 0.3) is 5.91 Å². The molecule has 0 saturated carbocycles. The smallest absolute Gasteiger partial charge is 0.354 e. The maximum Gasteiger partial charge on any atom is 0.354 e. The van der Waals surface area contributed by atoms with Crippen LogP contribution in [0.15, 0.2) is 18.3 Å². The maximum absolute atomic E-state index is 11.7. The van der Waals surface area contributed by atoms with Gasteiger partial charge in [0.05, 0.1) is 6.10 Å². The van der Waals surface area contributed by atoms with Gasteiger partial charge in [0.15, 0.2) is 0 Å². The van der Waals surface area contributed by atoms with Crippen LogP contribution in [-0.2, 0) is 4.74 Å². The molecule has 1 aromatic rings. The summed E-state index contributed by atoms with van der Waals surface area (Å²) in [7, 11) is 1.55. The molecule has 0 aliphatic heterocycles. The topological polar surface area (TPSA) is 88.5 Å². The molecule has 0 aliphatic carbocycles. The number of ether oxygens (including phenoxy) is 1. The fourth-order valence-electron chi connectivity index (χ4n) is 1.11. The molecule has 0 aromatic carbocycles. The molecule has 1 rings (SSSR count). The molecule has 0 radical (unpaired) electrons. The second kappa shape index (κ2) is 5.95. The van der Waals surface area contributed by atoms with Gasteiger partial charge in [-0.3, -0.25) is 4.79 Å². The van der Waals surface area contributed by atoms with Gasteiger partial charge < -0.3 is 15.2 Å². The SMILES string of the molecule is COC(C)CNC(=O)c1ccnc(C(=O)O)c1. The van der Waals surface area contributed by atoms with Crippen LogP contribution in [0.25, 0.3) is 0 Å². The second-order valence-corrected chi connectivity index (χ2v) is 3.49. The van der Waals surface area contributed by atoms with Crippen molar-refractivity contribution in [2.45, 2.75) is 13.0 Å². The quantitative estimate of drug-likeness (QED) is 0.781. The van der Waals surface area contributed by atoms with Crippen molar-refractivity contribution in [1.82, 2.24) is 10.3 Å². The third kappa shape index (κ3) is 3.84. The van der Waals surface area contributed by atoms with E-state index in [1.807, 2.05) is 6.92 Å². The Kier molecular flexibility index (Phi) is 4.59. The molecule has 2 N–H and O–H groups in total. The maximum atomic E-state index is 11.7. The number of carbonyl (C=O) groups is 2. The van der Waals surface area contributed by atoms with E-state index in [0.29, 0.717) is 6.54 Å². The Morgan fingerprint density at radius 3 is 2.88 bits per heavy atom. The van der Waals surface area contributed by atoms with Crippen LogP contribution >= 0.6 is 0 Å². The Morgan fingerprint density at radius 2 is 2.29 bits per heavy atom. The Balaban J connectivity index is 2.69. The molecule has 0 fully saturated rings. The molecule has 0 saturated heterocycles. The van der Waals surface area contributed by atoms with Crippen molar-refractivity contribution in [3.05, 3.63) is 29.6 Å². The first-order valence-corrected chi connectivity index (χ1v) is 5.05. The molecule has 0 aliphatic rings. The van der Waals surface area contributed by atoms with Crippen LogP contribution in [0.3, 0.4) is 0 Å². The van der Waals surface area contributed by atoms with E-state index >= 15 is 0 Å². The zero-order valence-electron chi connectivity index (χ0n) is 9.64. The van der Waals surface area contributed by atoms with Gasteiger partial charge in [0.2, 0.25) is 0 Å². The summed E-state index contributed by atoms with van der Waals surface area (Å²) in [5.74, 6) is -1.51. The van der Waals surface area contributed by atoms with Crippen LogP contribution in [0.2, 0.25) is 0 Å². The number of carbonyl (C=O) groups excluding carboxylic acids is 1. The fraction of sp³-hybridized carbons (Fsp3) is 0.364. The first-order valence-electron chi connectivity index (χ1n) is 5.05. The number of rotatable bonds is 5. The molecule has 0 spiro atoms. The molecule has 1 amide bonds. The lowest BCUT2D eigenvalue weighted by Crippen LogP contribution is -2.31. The second-order valence-electron chi connectivity index (χ2n) is 3.49. The fourth-order valence-corrected chi connectivity index (χ4v) is 1.11. The highest BCUT2D eigenvalue weighted by Crippen LogP contribution is 2.02. The van der Waals surface area contributed by atoms with Gasteiger partial charge in [0, 0.05) is 25.4 Å². The summed E-state index contributed by atoms with van der Waals surface area (Å²) in [6.07, 6.45) is 1.19. The largest absolute Gasteiger partial charge is 0.477 e. The number of nitrogens with one attached hydrogen (secondary N) is 1. The molecular formula is C11H14N2O4. The Morgan fingerprint density at radius 1 is 1.59 bits per heavy atom. The number of carboxylic acid groups (broad SMARTS) is 1. The van der Waals surface area contributed by atoms with Gasteiger partial charge in [-0.15, -0.1) is 0 Å². The molecule has 6 heteroatoms. The summed E-state index contributed by atoms with van der Waals surface area (Å²) in [5.41, 5.74) is 0.109. The summed E-state index contributed by atoms with van der Waals surface area (Å²) in [6.45, 7) is 2.18. The van der Waals surface area contributed by atoms with Crippen LogP contribution in [0, 0.1) is 0 Å². The number of aromatic nitrogens is 1. The monoisotopic (exact) mass is 238 g/mol. The van der Waals surface area contributed by atoms with Crippen LogP contribution in [0.4, 0.5) is 0 Å². The van der Waals surface area contributed by atoms with Crippen molar-refractivity contribution >= 4 is 11.9 Å². The van der Waals surface area contributed by atoms with E-state index in [4.69, 9.17) is 9.84 Å². The minimum Gasteiger partial charge on any atom is -0.477 e. The van der Waals surface area contributed by atoms with Crippen molar-refractivity contribution in [1.29, 1.82) is 0 Å². The molecule has 0 bridgehead atoms. The predicted octanol–water partition coefficient (Wildman–Crippen LogP) is 0.544. The van der Waals surface area contributed by atoms with Crippen molar-refractivity contribution < 1.29 is 19.4 Å². The lowest BCUT2D eigenvalue weighted by atomic mass is 10.2. The lowest BCUT2D eigenvalue weighted by Gasteiger charge is -2.10. The number of aromatic carboxylic acids is 1. The van der Waals surface area contributed by atoms with Gasteiger partial charge in [-0.1, -0.05) is 0 Å². The van der Waals surface area contributed by atoms with E-state index in [9.17, 15) is 9.59 Å². The summed E-state index contributed by atoms with van der Waals surface area (Å²) in [5, 5.41) is 11.4. The minimum atomic E-state index is -1.16. The average molecular weight is 238 g/mol. The van der Waals surface area contributed by atoms with E-state index in [2.05, 4.69) is 10.3 Å². The van der Waals surface area contributed by atoms with Gasteiger partial charge in [0.1, 0.15) is 5.69 Å². The first kappa shape index (κ1) is 13.1. The molecule has 1 atom stereocenters. The summed E-state index contributed by atoms with van der Waals surface area (Å²) in [4.78, 5) is 26.0. The molecule has 17 heavy (non-hydrogen) atoms. The van der Waals surface area contributed by atoms with Gasteiger partial charge >= 0.3 is 5.97 Å². The first-order chi connectivity index (χ1) is 8.04. The number of hydrogen-bond acceptors (Lipinski definition) is 4. The number of amides is 1. The standard InChI is InChI=1S/C11H14N2O4/c1-7(17-2)6-13-10(14)8-3-4-12-9(5-8)11(15)16/h3-5,7H,6H2,1-2H3,(H,13,14)(H,15,16). The molecule has 1 aromatic heterocycles. The van der Waals surface area contributed by atoms with E-state index in [1.165, 1.54) is 18.3 Å². The third-order valence-electron chi connectivity index (χ3n) is 2.19. The number of methoxy groups -OCH3 is 1. The van der Waals surface area contributed by atoms with E-state index < -0.39 is 5.97 Å². The molecule has 92 valence electrons. The van der Waals surface area contributed by atoms with Crippen molar-refractivity contribution in [2.24, 2.45) is 0 Å². The summed E-state index contributed by atoms with van der Waals surface area (Å²) >= 11 is 0. The van der Waals surface area contributed by atoms with E-state index in [1.54, 1.807) is 7.11 Å².